The number of hydrogen-bond acceptors (Lipinski definition) is 3. The minimum atomic E-state index is -0.334. The molecule has 0 spiro atoms. The summed E-state index contributed by atoms with van der Waals surface area (Å²) in [4.78, 5) is 12.0. The fourth-order valence-electron chi connectivity index (χ4n) is 2.33. The molecule has 1 amide bonds. The summed E-state index contributed by atoms with van der Waals surface area (Å²) >= 11 is 0. The molecule has 2 N–H and O–H groups in total. The van der Waals surface area contributed by atoms with E-state index in [2.05, 4.69) is 10.6 Å². The van der Waals surface area contributed by atoms with Crippen LogP contribution in [-0.2, 0) is 4.79 Å². The maximum atomic E-state index is 13.3. The first-order chi connectivity index (χ1) is 9.11. The number of benzene rings is 1. The third kappa shape index (κ3) is 3.84. The molecule has 0 aliphatic carbocycles. The average molecular weight is 303 g/mol. The first-order valence-corrected chi connectivity index (χ1v) is 6.46. The molecule has 0 saturated carbocycles. The van der Waals surface area contributed by atoms with Crippen molar-refractivity contribution >= 4 is 18.3 Å². The van der Waals surface area contributed by atoms with Crippen molar-refractivity contribution in [1.82, 2.24) is 10.6 Å². The SMILES string of the molecule is COc1ccc(F)cc1C(C)NC(=O)C1CCNC1.Cl. The zero-order valence-corrected chi connectivity index (χ0v) is 12.4. The maximum Gasteiger partial charge on any atom is 0.224 e. The smallest absolute Gasteiger partial charge is 0.224 e. The normalized spacial score (nSPS) is 19.1. The summed E-state index contributed by atoms with van der Waals surface area (Å²) < 4.78 is 18.5. The lowest BCUT2D eigenvalue weighted by Gasteiger charge is -2.19. The van der Waals surface area contributed by atoms with Crippen molar-refractivity contribution in [2.24, 2.45) is 5.92 Å². The van der Waals surface area contributed by atoms with Crippen molar-refractivity contribution in [3.8, 4) is 5.75 Å². The fourth-order valence-corrected chi connectivity index (χ4v) is 2.33. The topological polar surface area (TPSA) is 50.4 Å². The summed E-state index contributed by atoms with van der Waals surface area (Å²) in [5.74, 6) is 0.254. The average Bonchev–Trinajstić information content (AvgIpc) is 2.92. The van der Waals surface area contributed by atoms with Gasteiger partial charge >= 0.3 is 0 Å². The number of nitrogens with one attached hydrogen (secondary N) is 2. The molecule has 2 atom stereocenters. The monoisotopic (exact) mass is 302 g/mol. The van der Waals surface area contributed by atoms with Gasteiger partial charge in [-0.1, -0.05) is 0 Å². The largest absolute Gasteiger partial charge is 0.496 e. The number of carbonyl (C=O) groups is 1. The standard InChI is InChI=1S/C14H19FN2O2.ClH/c1-9(17-14(18)10-5-6-16-8-10)12-7-11(15)3-4-13(12)19-2;/h3-4,7,9-10,16H,5-6,8H2,1-2H3,(H,17,18);1H. The Morgan fingerprint density at radius 1 is 1.55 bits per heavy atom. The maximum absolute atomic E-state index is 13.3. The first kappa shape index (κ1) is 16.7. The van der Waals surface area contributed by atoms with Gasteiger partial charge in [-0.15, -0.1) is 12.4 Å². The molecule has 1 aliphatic heterocycles. The molecule has 6 heteroatoms. The number of methoxy groups -OCH3 is 1. The molecule has 0 radical (unpaired) electrons. The molecule has 2 unspecified atom stereocenters. The van der Waals surface area contributed by atoms with Crippen LogP contribution in [0.25, 0.3) is 0 Å². The lowest BCUT2D eigenvalue weighted by molar-refractivity contribution is -0.125. The Labute approximate surface area is 124 Å². The Bertz CT molecular complexity index is 464. The van der Waals surface area contributed by atoms with Gasteiger partial charge in [0.25, 0.3) is 0 Å². The third-order valence-electron chi connectivity index (χ3n) is 3.45. The van der Waals surface area contributed by atoms with Crippen LogP contribution in [0.1, 0.15) is 24.9 Å². The van der Waals surface area contributed by atoms with E-state index in [1.165, 1.54) is 19.2 Å². The van der Waals surface area contributed by atoms with Crippen LogP contribution in [0.3, 0.4) is 0 Å². The third-order valence-corrected chi connectivity index (χ3v) is 3.45. The van der Waals surface area contributed by atoms with Crippen LogP contribution in [-0.4, -0.2) is 26.1 Å². The molecule has 1 aromatic carbocycles. The van der Waals surface area contributed by atoms with E-state index in [0.717, 1.165) is 13.0 Å². The van der Waals surface area contributed by atoms with Crippen LogP contribution in [0.15, 0.2) is 18.2 Å². The van der Waals surface area contributed by atoms with Crippen molar-refractivity contribution in [2.45, 2.75) is 19.4 Å². The molecule has 0 bridgehead atoms. The molecular formula is C14H20ClFN2O2. The van der Waals surface area contributed by atoms with Gasteiger partial charge in [0.2, 0.25) is 5.91 Å². The molecule has 1 saturated heterocycles. The van der Waals surface area contributed by atoms with Gasteiger partial charge in [0.05, 0.1) is 19.1 Å². The van der Waals surface area contributed by atoms with E-state index in [1.54, 1.807) is 6.07 Å². The number of hydrogen-bond donors (Lipinski definition) is 2. The zero-order chi connectivity index (χ0) is 13.8. The van der Waals surface area contributed by atoms with E-state index >= 15 is 0 Å². The molecule has 2 rings (SSSR count). The molecule has 0 aromatic heterocycles. The molecule has 20 heavy (non-hydrogen) atoms. The lowest BCUT2D eigenvalue weighted by Crippen LogP contribution is -2.34. The number of amides is 1. The Morgan fingerprint density at radius 3 is 2.90 bits per heavy atom. The number of halogens is 2. The van der Waals surface area contributed by atoms with Gasteiger partial charge in [0.15, 0.2) is 0 Å². The van der Waals surface area contributed by atoms with Gasteiger partial charge in [-0.05, 0) is 38.1 Å². The second kappa shape index (κ2) is 7.45. The van der Waals surface area contributed by atoms with E-state index in [4.69, 9.17) is 4.74 Å². The van der Waals surface area contributed by atoms with Gasteiger partial charge < -0.3 is 15.4 Å². The molecule has 4 nitrogen and oxygen atoms in total. The highest BCUT2D eigenvalue weighted by Gasteiger charge is 2.24. The van der Waals surface area contributed by atoms with Crippen LogP contribution in [0, 0.1) is 11.7 Å². The summed E-state index contributed by atoms with van der Waals surface area (Å²) in [7, 11) is 1.53. The van der Waals surface area contributed by atoms with Gasteiger partial charge in [0, 0.05) is 12.1 Å². The van der Waals surface area contributed by atoms with E-state index in [0.29, 0.717) is 17.9 Å². The summed E-state index contributed by atoms with van der Waals surface area (Å²) in [5.41, 5.74) is 0.654. The molecular weight excluding hydrogens is 283 g/mol. The van der Waals surface area contributed by atoms with Crippen LogP contribution >= 0.6 is 12.4 Å². The van der Waals surface area contributed by atoms with E-state index in [9.17, 15) is 9.18 Å². The second-order valence-corrected chi connectivity index (χ2v) is 4.81. The molecule has 1 fully saturated rings. The summed E-state index contributed by atoms with van der Waals surface area (Å²) in [6, 6.07) is 4.04. The Hall–Kier alpha value is -1.33. The van der Waals surface area contributed by atoms with Crippen molar-refractivity contribution in [3.05, 3.63) is 29.6 Å². The number of carbonyl (C=O) groups excluding carboxylic acids is 1. The quantitative estimate of drug-likeness (QED) is 0.895. The second-order valence-electron chi connectivity index (χ2n) is 4.81. The van der Waals surface area contributed by atoms with Crippen molar-refractivity contribution in [1.29, 1.82) is 0 Å². The van der Waals surface area contributed by atoms with Gasteiger partial charge in [0.1, 0.15) is 11.6 Å². The Kier molecular flexibility index (Phi) is 6.23. The van der Waals surface area contributed by atoms with Gasteiger partial charge in [-0.25, -0.2) is 4.39 Å². The highest BCUT2D eigenvalue weighted by Crippen LogP contribution is 2.26. The lowest BCUT2D eigenvalue weighted by atomic mass is 10.0. The highest BCUT2D eigenvalue weighted by atomic mass is 35.5. The minimum Gasteiger partial charge on any atom is -0.496 e. The van der Waals surface area contributed by atoms with E-state index in [-0.39, 0.29) is 36.1 Å². The van der Waals surface area contributed by atoms with Gasteiger partial charge in [-0.2, -0.15) is 0 Å². The minimum absolute atomic E-state index is 0. The Balaban J connectivity index is 0.00000200. The van der Waals surface area contributed by atoms with Crippen LogP contribution in [0.5, 0.6) is 5.75 Å². The molecule has 1 aromatic rings. The molecule has 112 valence electrons. The van der Waals surface area contributed by atoms with Crippen molar-refractivity contribution in [2.75, 3.05) is 20.2 Å². The van der Waals surface area contributed by atoms with E-state index < -0.39 is 0 Å². The summed E-state index contributed by atoms with van der Waals surface area (Å²) in [6.45, 7) is 3.41. The van der Waals surface area contributed by atoms with Crippen LogP contribution in [0.4, 0.5) is 4.39 Å². The zero-order valence-electron chi connectivity index (χ0n) is 11.6. The Morgan fingerprint density at radius 2 is 2.30 bits per heavy atom. The van der Waals surface area contributed by atoms with Crippen molar-refractivity contribution in [3.63, 3.8) is 0 Å². The fraction of sp³-hybridized carbons (Fsp3) is 0.500. The van der Waals surface area contributed by atoms with Crippen LogP contribution in [0.2, 0.25) is 0 Å². The van der Waals surface area contributed by atoms with Gasteiger partial charge in [-0.3, -0.25) is 4.79 Å². The summed E-state index contributed by atoms with van der Waals surface area (Å²) in [6.07, 6.45) is 0.846. The first-order valence-electron chi connectivity index (χ1n) is 6.46. The molecule has 1 aliphatic rings. The highest BCUT2D eigenvalue weighted by molar-refractivity contribution is 5.85. The number of ether oxygens (including phenoxy) is 1. The number of rotatable bonds is 4. The summed E-state index contributed by atoms with van der Waals surface area (Å²) in [5, 5.41) is 6.07. The van der Waals surface area contributed by atoms with Crippen molar-refractivity contribution < 1.29 is 13.9 Å². The molecule has 1 heterocycles. The predicted octanol–water partition coefficient (Wildman–Crippen LogP) is 2.04. The predicted molar refractivity (Wildman–Crippen MR) is 77.7 cm³/mol. The van der Waals surface area contributed by atoms with E-state index in [1.807, 2.05) is 6.92 Å². The van der Waals surface area contributed by atoms with Crippen LogP contribution < -0.4 is 15.4 Å².